The van der Waals surface area contributed by atoms with Gasteiger partial charge in [0, 0.05) is 11.4 Å². The first-order valence-electron chi connectivity index (χ1n) is 12.1. The van der Waals surface area contributed by atoms with Crippen molar-refractivity contribution >= 4 is 35.3 Å². The molecule has 0 spiro atoms. The van der Waals surface area contributed by atoms with Crippen LogP contribution in [0.3, 0.4) is 0 Å². The second-order valence-electron chi connectivity index (χ2n) is 8.77. The normalized spacial score (nSPS) is 10.7. The Morgan fingerprint density at radius 1 is 0.816 bits per heavy atom. The molecule has 0 bridgehead atoms. The average Bonchev–Trinajstić information content (AvgIpc) is 2.85. The third-order valence-corrected chi connectivity index (χ3v) is 5.44. The topological polar surface area (TPSA) is 118 Å². The molecule has 3 amide bonds. The maximum Gasteiger partial charge on any atom is 0.329 e. The van der Waals surface area contributed by atoms with Crippen molar-refractivity contribution in [3.8, 4) is 11.5 Å². The molecule has 38 heavy (non-hydrogen) atoms. The van der Waals surface area contributed by atoms with Crippen LogP contribution in [0.15, 0.2) is 59.7 Å². The van der Waals surface area contributed by atoms with E-state index < -0.39 is 11.8 Å². The highest BCUT2D eigenvalue weighted by molar-refractivity contribution is 6.39. The van der Waals surface area contributed by atoms with Crippen molar-refractivity contribution < 1.29 is 23.9 Å². The van der Waals surface area contributed by atoms with Crippen LogP contribution in [-0.2, 0) is 14.4 Å². The van der Waals surface area contributed by atoms with Crippen molar-refractivity contribution in [1.82, 2.24) is 5.43 Å². The molecule has 0 aliphatic rings. The summed E-state index contributed by atoms with van der Waals surface area (Å²) in [6, 6.07) is 16.4. The van der Waals surface area contributed by atoms with E-state index in [-0.39, 0.29) is 12.5 Å². The van der Waals surface area contributed by atoms with Crippen LogP contribution in [0, 0.1) is 27.7 Å². The van der Waals surface area contributed by atoms with Crippen molar-refractivity contribution in [3.63, 3.8) is 0 Å². The molecule has 0 unspecified atom stereocenters. The van der Waals surface area contributed by atoms with E-state index in [0.717, 1.165) is 22.3 Å². The highest BCUT2D eigenvalue weighted by atomic mass is 16.5. The Morgan fingerprint density at radius 3 is 2.16 bits per heavy atom. The minimum Gasteiger partial charge on any atom is -0.490 e. The van der Waals surface area contributed by atoms with Crippen LogP contribution in [0.4, 0.5) is 11.4 Å². The van der Waals surface area contributed by atoms with Gasteiger partial charge < -0.3 is 20.1 Å². The second kappa shape index (κ2) is 13.0. The predicted molar refractivity (Wildman–Crippen MR) is 148 cm³/mol. The Bertz CT molecular complexity index is 1330. The van der Waals surface area contributed by atoms with Gasteiger partial charge in [0.2, 0.25) is 0 Å². The Labute approximate surface area is 222 Å². The number of carbonyl (C=O) groups is 3. The number of ether oxygens (including phenoxy) is 2. The summed E-state index contributed by atoms with van der Waals surface area (Å²) in [5.74, 6) is -1.22. The second-order valence-corrected chi connectivity index (χ2v) is 8.77. The molecule has 0 radical (unpaired) electrons. The van der Waals surface area contributed by atoms with Gasteiger partial charge in [-0.1, -0.05) is 24.3 Å². The van der Waals surface area contributed by atoms with Crippen LogP contribution in [0.1, 0.15) is 34.7 Å². The molecular weight excluding hydrogens is 484 g/mol. The molecule has 0 atom stereocenters. The summed E-state index contributed by atoms with van der Waals surface area (Å²) in [6.45, 7) is 9.62. The van der Waals surface area contributed by atoms with Crippen molar-refractivity contribution in [2.75, 3.05) is 23.8 Å². The fourth-order valence-corrected chi connectivity index (χ4v) is 3.78. The number of anilines is 2. The summed E-state index contributed by atoms with van der Waals surface area (Å²) in [5, 5.41) is 9.31. The van der Waals surface area contributed by atoms with Gasteiger partial charge in [-0.2, -0.15) is 5.10 Å². The predicted octanol–water partition coefficient (Wildman–Crippen LogP) is 4.43. The summed E-state index contributed by atoms with van der Waals surface area (Å²) in [4.78, 5) is 36.8. The number of hydrazone groups is 1. The summed E-state index contributed by atoms with van der Waals surface area (Å²) in [7, 11) is 0. The van der Waals surface area contributed by atoms with Gasteiger partial charge in [-0.3, -0.25) is 14.4 Å². The fraction of sp³-hybridized carbons (Fsp3) is 0.241. The van der Waals surface area contributed by atoms with E-state index in [0.29, 0.717) is 35.0 Å². The van der Waals surface area contributed by atoms with Gasteiger partial charge in [0.25, 0.3) is 5.91 Å². The molecule has 3 N–H and O–H groups in total. The molecule has 3 aromatic rings. The highest BCUT2D eigenvalue weighted by Gasteiger charge is 2.15. The van der Waals surface area contributed by atoms with E-state index in [1.54, 1.807) is 18.2 Å². The first-order chi connectivity index (χ1) is 18.2. The lowest BCUT2D eigenvalue weighted by molar-refractivity contribution is -0.136. The zero-order chi connectivity index (χ0) is 27.7. The van der Waals surface area contributed by atoms with Crippen LogP contribution in [0.5, 0.6) is 11.5 Å². The Kier molecular flexibility index (Phi) is 9.59. The molecule has 0 saturated heterocycles. The number of hydrogen-bond donors (Lipinski definition) is 3. The van der Waals surface area contributed by atoms with Crippen LogP contribution in [0.25, 0.3) is 0 Å². The zero-order valence-electron chi connectivity index (χ0n) is 22.2. The number of amides is 3. The number of para-hydroxylation sites is 1. The van der Waals surface area contributed by atoms with Crippen molar-refractivity contribution in [3.05, 3.63) is 82.4 Å². The van der Waals surface area contributed by atoms with Crippen LogP contribution in [-0.4, -0.2) is 37.1 Å². The summed E-state index contributed by atoms with van der Waals surface area (Å²) in [6.07, 6.45) is 1.38. The molecule has 198 valence electrons. The SMILES string of the molecule is CCOc1cc(/C=N\NC(=O)C(=O)Nc2c(C)cccc2C)ccc1OCC(=O)Nc1cc(C)cc(C)c1. The quantitative estimate of drug-likeness (QED) is 0.221. The van der Waals surface area contributed by atoms with E-state index in [1.165, 1.54) is 6.21 Å². The number of aryl methyl sites for hydroxylation is 4. The van der Waals surface area contributed by atoms with Crippen molar-refractivity contribution in [1.29, 1.82) is 0 Å². The van der Waals surface area contributed by atoms with Gasteiger partial charge in [-0.05, 0) is 92.8 Å². The number of benzene rings is 3. The Morgan fingerprint density at radius 2 is 1.50 bits per heavy atom. The minimum atomic E-state index is -0.899. The van der Waals surface area contributed by atoms with Crippen LogP contribution >= 0.6 is 0 Å². The molecule has 0 saturated carbocycles. The van der Waals surface area contributed by atoms with Crippen LogP contribution in [0.2, 0.25) is 0 Å². The standard InChI is InChI=1S/C29H32N4O5/c1-6-37-25-15-22(16-30-33-29(36)28(35)32-27-20(4)8-7-9-21(27)5)10-11-24(25)38-17-26(34)31-23-13-18(2)12-19(3)14-23/h7-16H,6,17H2,1-5H3,(H,31,34)(H,32,35)(H,33,36)/b30-16-. The lowest BCUT2D eigenvalue weighted by Gasteiger charge is -2.13. The van der Waals surface area contributed by atoms with E-state index >= 15 is 0 Å². The van der Waals surface area contributed by atoms with Crippen molar-refractivity contribution in [2.45, 2.75) is 34.6 Å². The molecular formula is C29H32N4O5. The molecule has 0 aromatic heterocycles. The van der Waals surface area contributed by atoms with Gasteiger partial charge in [0.15, 0.2) is 18.1 Å². The molecule has 9 nitrogen and oxygen atoms in total. The first kappa shape index (κ1) is 27.9. The van der Waals surface area contributed by atoms with E-state index in [1.807, 2.05) is 71.0 Å². The first-order valence-corrected chi connectivity index (χ1v) is 12.1. The van der Waals surface area contributed by atoms with Crippen LogP contribution < -0.4 is 25.5 Å². The molecule has 3 aromatic carbocycles. The molecule has 3 rings (SSSR count). The number of rotatable bonds is 9. The third kappa shape index (κ3) is 7.92. The highest BCUT2D eigenvalue weighted by Crippen LogP contribution is 2.28. The van der Waals surface area contributed by atoms with Gasteiger partial charge >= 0.3 is 11.8 Å². The number of nitrogens with one attached hydrogen (secondary N) is 3. The van der Waals surface area contributed by atoms with Gasteiger partial charge in [-0.15, -0.1) is 0 Å². The fourth-order valence-electron chi connectivity index (χ4n) is 3.78. The largest absolute Gasteiger partial charge is 0.490 e. The Balaban J connectivity index is 1.58. The number of carbonyl (C=O) groups excluding carboxylic acids is 3. The summed E-state index contributed by atoms with van der Waals surface area (Å²) in [5.41, 5.74) is 7.92. The van der Waals surface area contributed by atoms with Gasteiger partial charge in [0.1, 0.15) is 0 Å². The monoisotopic (exact) mass is 516 g/mol. The number of nitrogens with zero attached hydrogens (tertiary/aromatic N) is 1. The maximum atomic E-state index is 12.4. The van der Waals surface area contributed by atoms with Crippen molar-refractivity contribution in [2.24, 2.45) is 5.10 Å². The summed E-state index contributed by atoms with van der Waals surface area (Å²) >= 11 is 0. The molecule has 0 aliphatic carbocycles. The molecule has 0 fully saturated rings. The maximum absolute atomic E-state index is 12.4. The minimum absolute atomic E-state index is 0.202. The smallest absolute Gasteiger partial charge is 0.329 e. The third-order valence-electron chi connectivity index (χ3n) is 5.44. The summed E-state index contributed by atoms with van der Waals surface area (Å²) < 4.78 is 11.3. The molecule has 0 aliphatic heterocycles. The lowest BCUT2D eigenvalue weighted by Crippen LogP contribution is -2.32. The number of hydrogen-bond acceptors (Lipinski definition) is 6. The van der Waals surface area contributed by atoms with Gasteiger partial charge in [-0.25, -0.2) is 5.43 Å². The lowest BCUT2D eigenvalue weighted by atomic mass is 10.1. The average molecular weight is 517 g/mol. The van der Waals surface area contributed by atoms with E-state index in [9.17, 15) is 14.4 Å². The van der Waals surface area contributed by atoms with Gasteiger partial charge in [0.05, 0.1) is 12.8 Å². The Hall–Kier alpha value is -4.66. The van der Waals surface area contributed by atoms with E-state index in [4.69, 9.17) is 9.47 Å². The van der Waals surface area contributed by atoms with E-state index in [2.05, 4.69) is 21.2 Å². The molecule has 9 heteroatoms. The zero-order valence-corrected chi connectivity index (χ0v) is 22.2. The molecule has 0 heterocycles.